The fraction of sp³-hybridized carbons (Fsp3) is 0.250. The first-order valence-electron chi connectivity index (χ1n) is 5.46. The van der Waals surface area contributed by atoms with E-state index in [4.69, 9.17) is 4.74 Å². The number of fused-ring (bicyclic) bond motifs is 2. The number of ether oxygens (including phenoxy) is 1. The monoisotopic (exact) mass is 231 g/mol. The van der Waals surface area contributed by atoms with E-state index in [1.54, 1.807) is 23.2 Å². The molecule has 0 saturated carbocycles. The van der Waals surface area contributed by atoms with Crippen molar-refractivity contribution in [1.82, 2.24) is 9.58 Å². The molecular weight excluding hydrogens is 218 g/mol. The molecule has 1 aromatic heterocycles. The van der Waals surface area contributed by atoms with E-state index in [2.05, 4.69) is 12.0 Å². The van der Waals surface area contributed by atoms with E-state index >= 15 is 0 Å². The SMILES string of the molecule is C=C1c2c(C)c(=O)ccn2NC2=COCCN12. The molecule has 3 rings (SSSR count). The van der Waals surface area contributed by atoms with E-state index in [1.807, 2.05) is 11.8 Å². The molecule has 2 aliphatic rings. The normalized spacial score (nSPS) is 17.6. The average Bonchev–Trinajstić information content (AvgIpc) is 2.34. The third-order valence-electron chi connectivity index (χ3n) is 3.09. The molecule has 0 fully saturated rings. The standard InChI is InChI=1S/C12H13N3O2/c1-8-10(16)3-4-15-12(8)9(2)14-5-6-17-7-11(14)13-15/h3-4,7,13H,2,5-6H2,1H3. The number of nitrogens with zero attached hydrogens (tertiary/aromatic N) is 2. The Morgan fingerprint density at radius 3 is 3.18 bits per heavy atom. The zero-order chi connectivity index (χ0) is 12.0. The molecule has 5 nitrogen and oxygen atoms in total. The lowest BCUT2D eigenvalue weighted by molar-refractivity contribution is 0.185. The summed E-state index contributed by atoms with van der Waals surface area (Å²) in [6.45, 7) is 7.25. The average molecular weight is 231 g/mol. The predicted molar refractivity (Wildman–Crippen MR) is 64.6 cm³/mol. The molecule has 0 saturated heterocycles. The van der Waals surface area contributed by atoms with Gasteiger partial charge in [-0.25, -0.2) is 0 Å². The van der Waals surface area contributed by atoms with Gasteiger partial charge in [-0.2, -0.15) is 0 Å². The summed E-state index contributed by atoms with van der Waals surface area (Å²) >= 11 is 0. The lowest BCUT2D eigenvalue weighted by atomic mass is 10.1. The number of rotatable bonds is 0. The van der Waals surface area contributed by atoms with Gasteiger partial charge in [0.15, 0.2) is 11.2 Å². The third kappa shape index (κ3) is 1.35. The molecule has 17 heavy (non-hydrogen) atoms. The number of pyridine rings is 1. The largest absolute Gasteiger partial charge is 0.495 e. The second kappa shape index (κ2) is 3.41. The molecule has 1 aromatic rings. The quantitative estimate of drug-likeness (QED) is 0.718. The van der Waals surface area contributed by atoms with Crippen LogP contribution in [-0.4, -0.2) is 22.7 Å². The van der Waals surface area contributed by atoms with Crippen LogP contribution in [0.25, 0.3) is 5.70 Å². The minimum atomic E-state index is 0.0277. The van der Waals surface area contributed by atoms with Crippen molar-refractivity contribution < 1.29 is 4.74 Å². The van der Waals surface area contributed by atoms with Crippen molar-refractivity contribution in [2.24, 2.45) is 0 Å². The zero-order valence-corrected chi connectivity index (χ0v) is 9.56. The molecule has 0 aromatic carbocycles. The van der Waals surface area contributed by atoms with E-state index < -0.39 is 0 Å². The molecule has 0 bridgehead atoms. The summed E-state index contributed by atoms with van der Waals surface area (Å²) in [6.07, 6.45) is 3.38. The second-order valence-electron chi connectivity index (χ2n) is 4.11. The molecule has 1 N–H and O–H groups in total. The van der Waals surface area contributed by atoms with Crippen LogP contribution in [0.3, 0.4) is 0 Å². The first-order chi connectivity index (χ1) is 8.18. The summed E-state index contributed by atoms with van der Waals surface area (Å²) in [7, 11) is 0. The van der Waals surface area contributed by atoms with Gasteiger partial charge in [0.05, 0.1) is 17.9 Å². The lowest BCUT2D eigenvalue weighted by Gasteiger charge is -2.38. The van der Waals surface area contributed by atoms with Gasteiger partial charge in [0, 0.05) is 17.8 Å². The van der Waals surface area contributed by atoms with Gasteiger partial charge in [0.25, 0.3) is 0 Å². The van der Waals surface area contributed by atoms with Crippen LogP contribution in [0.2, 0.25) is 0 Å². The number of hydrogen-bond donors (Lipinski definition) is 1. The van der Waals surface area contributed by atoms with Gasteiger partial charge in [0.1, 0.15) is 12.9 Å². The van der Waals surface area contributed by atoms with Gasteiger partial charge in [-0.15, -0.1) is 0 Å². The van der Waals surface area contributed by atoms with Crippen molar-refractivity contribution in [3.63, 3.8) is 0 Å². The van der Waals surface area contributed by atoms with Crippen molar-refractivity contribution >= 4 is 5.70 Å². The molecule has 0 atom stereocenters. The molecule has 0 aliphatic carbocycles. The van der Waals surface area contributed by atoms with E-state index in [0.717, 1.165) is 23.8 Å². The van der Waals surface area contributed by atoms with Crippen molar-refractivity contribution in [3.05, 3.63) is 52.4 Å². The lowest BCUT2D eigenvalue weighted by Crippen LogP contribution is -2.42. The van der Waals surface area contributed by atoms with Crippen molar-refractivity contribution in [2.75, 3.05) is 18.6 Å². The van der Waals surface area contributed by atoms with Crippen molar-refractivity contribution in [2.45, 2.75) is 6.92 Å². The minimum Gasteiger partial charge on any atom is -0.495 e. The molecule has 0 unspecified atom stereocenters. The van der Waals surface area contributed by atoms with Crippen LogP contribution in [0.1, 0.15) is 11.3 Å². The number of hydrogen-bond acceptors (Lipinski definition) is 4. The maximum absolute atomic E-state index is 11.7. The summed E-state index contributed by atoms with van der Waals surface area (Å²) in [5.74, 6) is 0.844. The van der Waals surface area contributed by atoms with Gasteiger partial charge in [-0.05, 0) is 6.92 Å². The molecule has 2 aliphatic heterocycles. The van der Waals surface area contributed by atoms with Gasteiger partial charge in [-0.1, -0.05) is 6.58 Å². The van der Waals surface area contributed by atoms with E-state index in [0.29, 0.717) is 12.2 Å². The first-order valence-corrected chi connectivity index (χ1v) is 5.46. The van der Waals surface area contributed by atoms with E-state index in [9.17, 15) is 4.79 Å². The highest BCUT2D eigenvalue weighted by molar-refractivity contribution is 5.66. The fourth-order valence-electron chi connectivity index (χ4n) is 2.17. The van der Waals surface area contributed by atoms with Gasteiger partial charge < -0.3 is 9.64 Å². The molecule has 0 radical (unpaired) electrons. The van der Waals surface area contributed by atoms with Crippen LogP contribution in [0.4, 0.5) is 0 Å². The molecular formula is C12H13N3O2. The smallest absolute Gasteiger partial charge is 0.185 e. The van der Waals surface area contributed by atoms with Gasteiger partial charge in [-0.3, -0.25) is 14.9 Å². The van der Waals surface area contributed by atoms with E-state index in [-0.39, 0.29) is 5.43 Å². The molecule has 3 heterocycles. The predicted octanol–water partition coefficient (Wildman–Crippen LogP) is 0.816. The Hall–Kier alpha value is -2.17. The van der Waals surface area contributed by atoms with Crippen molar-refractivity contribution in [3.8, 4) is 0 Å². The summed E-state index contributed by atoms with van der Waals surface area (Å²) in [6, 6.07) is 1.54. The Bertz CT molecular complexity index is 586. The Morgan fingerprint density at radius 2 is 2.35 bits per heavy atom. The van der Waals surface area contributed by atoms with Crippen molar-refractivity contribution in [1.29, 1.82) is 0 Å². The molecule has 0 amide bonds. The third-order valence-corrected chi connectivity index (χ3v) is 3.09. The Labute approximate surface area is 98.6 Å². The maximum Gasteiger partial charge on any atom is 0.185 e. The van der Waals surface area contributed by atoms with Crippen LogP contribution in [0, 0.1) is 6.92 Å². The number of aromatic nitrogens is 1. The highest BCUT2D eigenvalue weighted by atomic mass is 16.5. The number of nitrogens with one attached hydrogen (secondary N) is 1. The Balaban J connectivity index is 2.20. The van der Waals surface area contributed by atoms with Crippen LogP contribution in [-0.2, 0) is 4.74 Å². The summed E-state index contributed by atoms with van der Waals surface area (Å²) in [5.41, 5.74) is 5.57. The summed E-state index contributed by atoms with van der Waals surface area (Å²) < 4.78 is 7.08. The van der Waals surface area contributed by atoms with E-state index in [1.165, 1.54) is 0 Å². The van der Waals surface area contributed by atoms with Gasteiger partial charge in [0.2, 0.25) is 0 Å². The first kappa shape index (κ1) is 10.0. The molecule has 0 spiro atoms. The Morgan fingerprint density at radius 1 is 1.53 bits per heavy atom. The molecule has 5 heteroatoms. The van der Waals surface area contributed by atoms with Crippen LogP contribution in [0.5, 0.6) is 0 Å². The topological polar surface area (TPSA) is 46.5 Å². The zero-order valence-electron chi connectivity index (χ0n) is 9.56. The maximum atomic E-state index is 11.7. The minimum absolute atomic E-state index is 0.0277. The highest BCUT2D eigenvalue weighted by Gasteiger charge is 2.27. The van der Waals surface area contributed by atoms with Crippen LogP contribution in [0.15, 0.2) is 35.7 Å². The second-order valence-corrected chi connectivity index (χ2v) is 4.11. The highest BCUT2D eigenvalue weighted by Crippen LogP contribution is 2.28. The van der Waals surface area contributed by atoms with Crippen LogP contribution >= 0.6 is 0 Å². The van der Waals surface area contributed by atoms with Crippen LogP contribution < -0.4 is 10.9 Å². The fourth-order valence-corrected chi connectivity index (χ4v) is 2.17. The Kier molecular flexibility index (Phi) is 2.01. The summed E-state index contributed by atoms with van der Waals surface area (Å²) in [5, 5.41) is 0. The summed E-state index contributed by atoms with van der Waals surface area (Å²) in [4.78, 5) is 13.7. The molecule has 88 valence electrons. The van der Waals surface area contributed by atoms with Gasteiger partial charge >= 0.3 is 0 Å².